The molecule has 3 rings (SSSR count). The van der Waals surface area contributed by atoms with Gasteiger partial charge in [-0.2, -0.15) is 0 Å². The monoisotopic (exact) mass is 736 g/mol. The van der Waals surface area contributed by atoms with Gasteiger partial charge in [0.2, 0.25) is 23.5 Å². The van der Waals surface area contributed by atoms with Crippen LogP contribution in [0.3, 0.4) is 0 Å². The number of primary amides is 1. The molecule has 53 heavy (non-hydrogen) atoms. The van der Waals surface area contributed by atoms with Gasteiger partial charge < -0.3 is 41.4 Å². The SMILES string of the molecule is CCCC(NC(=O)[C@@H]1C[C@@H](OC(C)(C)C)CN1C(=O)[C@@H](NC(=O)OC(C)(C)C)c1ccccc1)C(=O)C(=O)NCC(=O)NC(C(N)=O)c1ccccc1. The summed E-state index contributed by atoms with van der Waals surface area (Å²) in [5, 5.41) is 9.97. The van der Waals surface area contributed by atoms with Gasteiger partial charge in [0.05, 0.1) is 24.3 Å². The van der Waals surface area contributed by atoms with E-state index in [0.717, 1.165) is 0 Å². The quantitative estimate of drug-likeness (QED) is 0.170. The lowest BCUT2D eigenvalue weighted by Gasteiger charge is -2.30. The van der Waals surface area contributed by atoms with Gasteiger partial charge in [0.25, 0.3) is 11.8 Å². The fraction of sp³-hybridized carbons (Fsp3) is 0.500. The second-order valence-corrected chi connectivity index (χ2v) is 14.8. The number of likely N-dealkylation sites (tertiary alicyclic amines) is 1. The van der Waals surface area contributed by atoms with E-state index in [2.05, 4.69) is 21.3 Å². The molecule has 0 radical (unpaired) electrons. The van der Waals surface area contributed by atoms with Crippen LogP contribution in [-0.2, 0) is 38.2 Å². The number of alkyl carbamates (subject to hydrolysis) is 1. The van der Waals surface area contributed by atoms with Gasteiger partial charge in [-0.05, 0) is 59.1 Å². The number of hydrogen-bond donors (Lipinski definition) is 5. The molecule has 0 aliphatic carbocycles. The van der Waals surface area contributed by atoms with Crippen LogP contribution in [0.1, 0.15) is 90.9 Å². The first-order valence-electron chi connectivity index (χ1n) is 17.6. The molecule has 6 amide bonds. The highest BCUT2D eigenvalue weighted by Gasteiger charge is 2.45. The summed E-state index contributed by atoms with van der Waals surface area (Å²) in [6.45, 7) is 11.7. The van der Waals surface area contributed by atoms with Crippen molar-refractivity contribution < 1.29 is 43.0 Å². The number of nitrogens with two attached hydrogens (primary N) is 1. The van der Waals surface area contributed by atoms with Crippen LogP contribution in [-0.4, -0.2) is 88.8 Å². The van der Waals surface area contributed by atoms with Crippen LogP contribution in [0.5, 0.6) is 0 Å². The van der Waals surface area contributed by atoms with Crippen molar-refractivity contribution in [3.8, 4) is 0 Å². The van der Waals surface area contributed by atoms with Gasteiger partial charge in [-0.15, -0.1) is 0 Å². The molecule has 0 saturated carbocycles. The van der Waals surface area contributed by atoms with Crippen LogP contribution in [0.4, 0.5) is 4.79 Å². The predicted molar refractivity (Wildman–Crippen MR) is 195 cm³/mol. The summed E-state index contributed by atoms with van der Waals surface area (Å²) < 4.78 is 11.6. The third-order valence-corrected chi connectivity index (χ3v) is 7.98. The van der Waals surface area contributed by atoms with E-state index in [1.54, 1.807) is 88.4 Å². The van der Waals surface area contributed by atoms with Crippen molar-refractivity contribution in [2.75, 3.05) is 13.1 Å². The summed E-state index contributed by atoms with van der Waals surface area (Å²) in [6.07, 6.45) is -0.848. The third kappa shape index (κ3) is 13.0. The Kier molecular flexibility index (Phi) is 14.7. The lowest BCUT2D eigenvalue weighted by Crippen LogP contribution is -2.55. The Morgan fingerprint density at radius 3 is 1.89 bits per heavy atom. The second kappa shape index (κ2) is 18.4. The molecule has 1 fully saturated rings. The van der Waals surface area contributed by atoms with Crippen LogP contribution in [0.25, 0.3) is 0 Å². The number of ether oxygens (including phenoxy) is 2. The number of Topliss-reactive ketones (excluding diaryl/α,β-unsaturated/α-hetero) is 1. The molecule has 2 aromatic carbocycles. The molecule has 1 aliphatic heterocycles. The number of amides is 6. The smallest absolute Gasteiger partial charge is 0.408 e. The fourth-order valence-corrected chi connectivity index (χ4v) is 5.81. The molecule has 1 heterocycles. The number of benzene rings is 2. The van der Waals surface area contributed by atoms with Crippen LogP contribution >= 0.6 is 0 Å². The maximum absolute atomic E-state index is 14.3. The molecule has 0 aromatic heterocycles. The number of rotatable bonds is 15. The van der Waals surface area contributed by atoms with Crippen molar-refractivity contribution in [2.24, 2.45) is 5.73 Å². The van der Waals surface area contributed by atoms with Crippen molar-refractivity contribution >= 4 is 41.4 Å². The van der Waals surface area contributed by atoms with E-state index in [-0.39, 0.29) is 19.4 Å². The minimum absolute atomic E-state index is 0.00475. The Bertz CT molecular complexity index is 1620. The highest BCUT2D eigenvalue weighted by Crippen LogP contribution is 2.29. The van der Waals surface area contributed by atoms with E-state index >= 15 is 0 Å². The molecule has 0 bridgehead atoms. The van der Waals surface area contributed by atoms with Crippen LogP contribution in [0.15, 0.2) is 60.7 Å². The van der Waals surface area contributed by atoms with Gasteiger partial charge in [-0.3, -0.25) is 28.8 Å². The number of nitrogens with one attached hydrogen (secondary N) is 4. The van der Waals surface area contributed by atoms with Crippen molar-refractivity contribution in [2.45, 2.75) is 109 Å². The second-order valence-electron chi connectivity index (χ2n) is 14.8. The molecule has 1 aliphatic rings. The summed E-state index contributed by atoms with van der Waals surface area (Å²) in [7, 11) is 0. The van der Waals surface area contributed by atoms with E-state index in [1.165, 1.54) is 4.90 Å². The zero-order valence-corrected chi connectivity index (χ0v) is 31.4. The summed E-state index contributed by atoms with van der Waals surface area (Å²) in [5.74, 6) is -5.03. The van der Waals surface area contributed by atoms with E-state index in [1.807, 2.05) is 20.8 Å². The largest absolute Gasteiger partial charge is 0.444 e. The Labute approximate surface area is 310 Å². The molecule has 2 unspecified atom stereocenters. The molecule has 15 heteroatoms. The highest BCUT2D eigenvalue weighted by atomic mass is 16.6. The van der Waals surface area contributed by atoms with Crippen LogP contribution in [0.2, 0.25) is 0 Å². The zero-order valence-electron chi connectivity index (χ0n) is 31.4. The number of hydrogen-bond acceptors (Lipinski definition) is 9. The summed E-state index contributed by atoms with van der Waals surface area (Å²) in [6, 6.07) is 12.0. The van der Waals surface area contributed by atoms with E-state index in [0.29, 0.717) is 17.5 Å². The third-order valence-electron chi connectivity index (χ3n) is 7.98. The average molecular weight is 737 g/mol. The van der Waals surface area contributed by atoms with Gasteiger partial charge in [0.1, 0.15) is 23.7 Å². The fourth-order valence-electron chi connectivity index (χ4n) is 5.81. The minimum Gasteiger partial charge on any atom is -0.444 e. The molecular weight excluding hydrogens is 684 g/mol. The number of carbonyl (C=O) groups excluding carboxylic acids is 7. The molecule has 15 nitrogen and oxygen atoms in total. The average Bonchev–Trinajstić information content (AvgIpc) is 3.50. The Morgan fingerprint density at radius 1 is 0.811 bits per heavy atom. The number of nitrogens with zero attached hydrogens (tertiary/aromatic N) is 1. The highest BCUT2D eigenvalue weighted by molar-refractivity contribution is 6.38. The summed E-state index contributed by atoms with van der Waals surface area (Å²) in [5.41, 5.74) is 4.88. The molecule has 5 atom stereocenters. The van der Waals surface area contributed by atoms with Crippen LogP contribution in [0, 0.1) is 0 Å². The first-order valence-corrected chi connectivity index (χ1v) is 17.6. The molecule has 0 spiro atoms. The number of ketones is 1. The lowest BCUT2D eigenvalue weighted by atomic mass is 10.0. The Hall–Kier alpha value is -5.31. The number of carbonyl (C=O) groups is 7. The Balaban J connectivity index is 1.79. The zero-order chi connectivity index (χ0) is 39.5. The summed E-state index contributed by atoms with van der Waals surface area (Å²) in [4.78, 5) is 93.4. The van der Waals surface area contributed by atoms with Crippen molar-refractivity contribution in [3.63, 3.8) is 0 Å². The van der Waals surface area contributed by atoms with E-state index < -0.39 is 89.4 Å². The van der Waals surface area contributed by atoms with Gasteiger partial charge in [0.15, 0.2) is 0 Å². The van der Waals surface area contributed by atoms with Crippen molar-refractivity contribution in [3.05, 3.63) is 71.8 Å². The normalized spacial score (nSPS) is 17.5. The first kappa shape index (κ1) is 42.1. The molecule has 288 valence electrons. The molecule has 2 aromatic rings. The van der Waals surface area contributed by atoms with Crippen LogP contribution < -0.4 is 27.0 Å². The van der Waals surface area contributed by atoms with Gasteiger partial charge in [0, 0.05) is 13.0 Å². The lowest BCUT2D eigenvalue weighted by molar-refractivity contribution is -0.143. The van der Waals surface area contributed by atoms with Gasteiger partial charge in [-0.25, -0.2) is 4.79 Å². The molecule has 1 saturated heterocycles. The van der Waals surface area contributed by atoms with Gasteiger partial charge in [-0.1, -0.05) is 74.0 Å². The molecular formula is C38H52N6O9. The Morgan fingerprint density at radius 2 is 1.38 bits per heavy atom. The maximum atomic E-state index is 14.3. The van der Waals surface area contributed by atoms with Crippen molar-refractivity contribution in [1.82, 2.24) is 26.2 Å². The standard InChI is InChI=1S/C38H52N6O9/c1-8-15-26(31(46)34(49)40-21-28(45)42-29(32(39)47)23-16-11-9-12-17-23)41-33(48)27-20-25(52-37(2,3)4)22-44(27)35(50)30(24-18-13-10-14-19-24)43-36(51)53-38(5,6)7/h9-14,16-19,25-27,29-30H,8,15,20-22H2,1-7H3,(H2,39,47)(H,40,49)(H,41,48)(H,42,45)(H,43,51)/t25-,26?,27+,29?,30+/m1/s1. The summed E-state index contributed by atoms with van der Waals surface area (Å²) >= 11 is 0. The topological polar surface area (TPSA) is 215 Å². The first-order chi connectivity index (χ1) is 24.8. The van der Waals surface area contributed by atoms with Crippen molar-refractivity contribution in [1.29, 1.82) is 0 Å². The van der Waals surface area contributed by atoms with Gasteiger partial charge >= 0.3 is 6.09 Å². The van der Waals surface area contributed by atoms with E-state index in [9.17, 15) is 33.6 Å². The van der Waals surface area contributed by atoms with E-state index in [4.69, 9.17) is 15.2 Å². The molecule has 6 N–H and O–H groups in total. The predicted octanol–water partition coefficient (Wildman–Crippen LogP) is 2.35. The minimum atomic E-state index is -1.29. The maximum Gasteiger partial charge on any atom is 0.408 e.